The largest absolute Gasteiger partial charge is 0.316 e. The normalized spacial score (nSPS) is 30.6. The Kier molecular flexibility index (Phi) is 2.91. The fourth-order valence-corrected chi connectivity index (χ4v) is 3.60. The van der Waals surface area contributed by atoms with Gasteiger partial charge in [0, 0.05) is 30.7 Å². The van der Waals surface area contributed by atoms with Crippen molar-refractivity contribution >= 4 is 0 Å². The molecule has 18 heavy (non-hydrogen) atoms. The summed E-state index contributed by atoms with van der Waals surface area (Å²) >= 11 is 0. The standard InChI is InChI=1S/C15H21FN2/c1-15(2)13-8-17-7-12(13)10-18(15)9-11-5-3-4-6-14(11)16/h3-6,12-13,17H,7-10H2,1-2H3. The highest BCUT2D eigenvalue weighted by Crippen LogP contribution is 2.41. The molecule has 98 valence electrons. The van der Waals surface area contributed by atoms with Gasteiger partial charge < -0.3 is 5.32 Å². The van der Waals surface area contributed by atoms with Crippen molar-refractivity contribution in [2.45, 2.75) is 25.9 Å². The van der Waals surface area contributed by atoms with Gasteiger partial charge in [-0.3, -0.25) is 4.90 Å². The minimum atomic E-state index is -0.0801. The SMILES string of the molecule is CC1(C)C2CNCC2CN1Cc1ccccc1F. The van der Waals surface area contributed by atoms with Crippen molar-refractivity contribution in [3.8, 4) is 0 Å². The number of nitrogens with zero attached hydrogens (tertiary/aromatic N) is 1. The molecule has 2 atom stereocenters. The van der Waals surface area contributed by atoms with E-state index in [9.17, 15) is 4.39 Å². The maximum atomic E-state index is 13.7. The molecule has 2 saturated heterocycles. The van der Waals surface area contributed by atoms with Crippen LogP contribution >= 0.6 is 0 Å². The smallest absolute Gasteiger partial charge is 0.127 e. The zero-order chi connectivity index (χ0) is 12.8. The fraction of sp³-hybridized carbons (Fsp3) is 0.600. The summed E-state index contributed by atoms with van der Waals surface area (Å²) in [4.78, 5) is 2.45. The Labute approximate surface area is 108 Å². The number of hydrogen-bond acceptors (Lipinski definition) is 2. The van der Waals surface area contributed by atoms with Crippen LogP contribution in [0.25, 0.3) is 0 Å². The molecule has 2 aliphatic heterocycles. The Hall–Kier alpha value is -0.930. The number of benzene rings is 1. The molecule has 3 rings (SSSR count). The second-order valence-corrected chi connectivity index (χ2v) is 6.15. The van der Waals surface area contributed by atoms with E-state index in [1.54, 1.807) is 12.1 Å². The highest BCUT2D eigenvalue weighted by atomic mass is 19.1. The van der Waals surface area contributed by atoms with Gasteiger partial charge >= 0.3 is 0 Å². The molecule has 3 heteroatoms. The van der Waals surface area contributed by atoms with Crippen LogP contribution in [0.1, 0.15) is 19.4 Å². The van der Waals surface area contributed by atoms with E-state index in [-0.39, 0.29) is 11.4 Å². The molecule has 2 heterocycles. The first-order valence-electron chi connectivity index (χ1n) is 6.78. The van der Waals surface area contributed by atoms with E-state index < -0.39 is 0 Å². The van der Waals surface area contributed by atoms with E-state index in [1.807, 2.05) is 12.1 Å². The third kappa shape index (κ3) is 1.86. The molecule has 2 fully saturated rings. The number of halogens is 1. The van der Waals surface area contributed by atoms with E-state index >= 15 is 0 Å². The first kappa shape index (κ1) is 12.1. The van der Waals surface area contributed by atoms with Crippen LogP contribution in [0.15, 0.2) is 24.3 Å². The molecule has 0 radical (unpaired) electrons. The van der Waals surface area contributed by atoms with Gasteiger partial charge in [0.1, 0.15) is 5.82 Å². The first-order chi connectivity index (χ1) is 8.59. The maximum Gasteiger partial charge on any atom is 0.127 e. The lowest BCUT2D eigenvalue weighted by Crippen LogP contribution is -2.44. The highest BCUT2D eigenvalue weighted by Gasteiger charge is 2.49. The molecule has 0 aliphatic carbocycles. The van der Waals surface area contributed by atoms with Gasteiger partial charge in [0.2, 0.25) is 0 Å². The Bertz CT molecular complexity index is 444. The number of fused-ring (bicyclic) bond motifs is 1. The highest BCUT2D eigenvalue weighted by molar-refractivity contribution is 5.18. The van der Waals surface area contributed by atoms with Crippen LogP contribution in [0.3, 0.4) is 0 Å². The Morgan fingerprint density at radius 3 is 2.83 bits per heavy atom. The summed E-state index contributed by atoms with van der Waals surface area (Å²) in [5.41, 5.74) is 0.981. The second kappa shape index (κ2) is 4.32. The molecular formula is C15H21FN2. The quantitative estimate of drug-likeness (QED) is 0.863. The number of hydrogen-bond donors (Lipinski definition) is 1. The monoisotopic (exact) mass is 248 g/mol. The van der Waals surface area contributed by atoms with Crippen molar-refractivity contribution in [1.29, 1.82) is 0 Å². The van der Waals surface area contributed by atoms with Gasteiger partial charge in [0.15, 0.2) is 0 Å². The molecule has 1 aromatic rings. The molecular weight excluding hydrogens is 227 g/mol. The van der Waals surface area contributed by atoms with Gasteiger partial charge in [0.05, 0.1) is 0 Å². The van der Waals surface area contributed by atoms with Gasteiger partial charge in [-0.1, -0.05) is 18.2 Å². The molecule has 0 spiro atoms. The Balaban J connectivity index is 1.80. The van der Waals surface area contributed by atoms with Gasteiger partial charge in [0.25, 0.3) is 0 Å². The minimum absolute atomic E-state index is 0.0801. The van der Waals surface area contributed by atoms with Crippen molar-refractivity contribution in [2.24, 2.45) is 11.8 Å². The molecule has 0 bridgehead atoms. The molecule has 2 unspecified atom stereocenters. The average molecular weight is 248 g/mol. The predicted octanol–water partition coefficient (Wildman–Crippen LogP) is 2.26. The zero-order valence-corrected chi connectivity index (χ0v) is 11.1. The Morgan fingerprint density at radius 1 is 1.33 bits per heavy atom. The molecule has 0 aromatic heterocycles. The third-order valence-corrected chi connectivity index (χ3v) is 4.84. The molecule has 2 aliphatic rings. The number of likely N-dealkylation sites (tertiary alicyclic amines) is 1. The molecule has 1 N–H and O–H groups in total. The van der Waals surface area contributed by atoms with Crippen LogP contribution < -0.4 is 5.32 Å². The average Bonchev–Trinajstić information content (AvgIpc) is 2.87. The summed E-state index contributed by atoms with van der Waals surface area (Å²) in [7, 11) is 0. The third-order valence-electron chi connectivity index (χ3n) is 4.84. The molecule has 0 saturated carbocycles. The minimum Gasteiger partial charge on any atom is -0.316 e. The van der Waals surface area contributed by atoms with Crippen LogP contribution in [-0.2, 0) is 6.54 Å². The van der Waals surface area contributed by atoms with Crippen LogP contribution in [0, 0.1) is 17.7 Å². The Morgan fingerprint density at radius 2 is 2.11 bits per heavy atom. The van der Waals surface area contributed by atoms with E-state index in [0.717, 1.165) is 37.7 Å². The van der Waals surface area contributed by atoms with Gasteiger partial charge in [-0.2, -0.15) is 0 Å². The lowest BCUT2D eigenvalue weighted by atomic mass is 9.85. The van der Waals surface area contributed by atoms with Gasteiger partial charge in [-0.05, 0) is 38.3 Å². The summed E-state index contributed by atoms with van der Waals surface area (Å²) in [5, 5.41) is 3.47. The van der Waals surface area contributed by atoms with Crippen molar-refractivity contribution in [2.75, 3.05) is 19.6 Å². The molecule has 0 amide bonds. The second-order valence-electron chi connectivity index (χ2n) is 6.15. The lowest BCUT2D eigenvalue weighted by Gasteiger charge is -2.35. The van der Waals surface area contributed by atoms with E-state index in [1.165, 1.54) is 0 Å². The molecule has 1 aromatic carbocycles. The zero-order valence-electron chi connectivity index (χ0n) is 11.1. The van der Waals surface area contributed by atoms with Crippen molar-refractivity contribution < 1.29 is 4.39 Å². The summed E-state index contributed by atoms with van der Waals surface area (Å²) in [6.07, 6.45) is 0. The van der Waals surface area contributed by atoms with Gasteiger partial charge in [-0.15, -0.1) is 0 Å². The lowest BCUT2D eigenvalue weighted by molar-refractivity contribution is 0.130. The van der Waals surface area contributed by atoms with E-state index in [0.29, 0.717) is 5.92 Å². The van der Waals surface area contributed by atoms with Crippen molar-refractivity contribution in [3.63, 3.8) is 0 Å². The fourth-order valence-electron chi connectivity index (χ4n) is 3.60. The van der Waals surface area contributed by atoms with Crippen LogP contribution in [0.2, 0.25) is 0 Å². The number of nitrogens with one attached hydrogen (secondary N) is 1. The summed E-state index contributed by atoms with van der Waals surface area (Å²) in [5.74, 6) is 1.35. The van der Waals surface area contributed by atoms with Crippen molar-refractivity contribution in [3.05, 3.63) is 35.6 Å². The van der Waals surface area contributed by atoms with Crippen molar-refractivity contribution in [1.82, 2.24) is 10.2 Å². The van der Waals surface area contributed by atoms with Gasteiger partial charge in [-0.25, -0.2) is 4.39 Å². The maximum absolute atomic E-state index is 13.7. The number of rotatable bonds is 2. The van der Waals surface area contributed by atoms with Crippen LogP contribution in [0.5, 0.6) is 0 Å². The first-order valence-corrected chi connectivity index (χ1v) is 6.78. The van der Waals surface area contributed by atoms with Crippen LogP contribution in [-0.4, -0.2) is 30.1 Å². The van der Waals surface area contributed by atoms with E-state index in [4.69, 9.17) is 0 Å². The summed E-state index contributed by atoms with van der Waals surface area (Å²) in [6.45, 7) is 8.62. The topological polar surface area (TPSA) is 15.3 Å². The molecule has 2 nitrogen and oxygen atoms in total. The van der Waals surface area contributed by atoms with Crippen LogP contribution in [0.4, 0.5) is 4.39 Å². The van der Waals surface area contributed by atoms with E-state index in [2.05, 4.69) is 24.1 Å². The predicted molar refractivity (Wildman–Crippen MR) is 70.7 cm³/mol. The summed E-state index contributed by atoms with van der Waals surface area (Å²) < 4.78 is 13.7. The summed E-state index contributed by atoms with van der Waals surface area (Å²) in [6, 6.07) is 7.13.